The Morgan fingerprint density at radius 1 is 1.55 bits per heavy atom. The molecule has 0 radical (unpaired) electrons. The summed E-state index contributed by atoms with van der Waals surface area (Å²) in [4.78, 5) is 15.9. The second kappa shape index (κ2) is 5.95. The summed E-state index contributed by atoms with van der Waals surface area (Å²) in [6, 6.07) is 5.74. The van der Waals surface area contributed by atoms with E-state index in [4.69, 9.17) is 11.0 Å². The predicted molar refractivity (Wildman–Crippen MR) is 70.3 cm³/mol. The summed E-state index contributed by atoms with van der Waals surface area (Å²) < 4.78 is 15.1. The minimum absolute atomic E-state index is 0.117. The molecule has 2 rings (SSSR count). The Bertz CT molecular complexity index is 674. The fourth-order valence-electron chi connectivity index (χ4n) is 1.68. The van der Waals surface area contributed by atoms with Crippen LogP contribution in [0.4, 0.5) is 10.1 Å². The monoisotopic (exact) mass is 273 g/mol. The second-order valence-electron chi connectivity index (χ2n) is 4.01. The van der Waals surface area contributed by atoms with Crippen LogP contribution in [-0.2, 0) is 6.54 Å². The van der Waals surface area contributed by atoms with Gasteiger partial charge in [0.1, 0.15) is 23.1 Å². The number of carbonyl (C=O) groups excluding carboxylic acids is 1. The highest BCUT2D eigenvalue weighted by Crippen LogP contribution is 2.18. The summed E-state index contributed by atoms with van der Waals surface area (Å²) >= 11 is 0. The van der Waals surface area contributed by atoms with Gasteiger partial charge in [0.15, 0.2) is 0 Å². The van der Waals surface area contributed by atoms with Crippen LogP contribution in [0.25, 0.3) is 0 Å². The van der Waals surface area contributed by atoms with E-state index in [1.54, 1.807) is 10.6 Å². The topological polar surface area (TPSA) is 96.7 Å². The molecule has 0 aliphatic carbocycles. The number of nitrogens with two attached hydrogens (primary N) is 1. The van der Waals surface area contributed by atoms with E-state index in [1.807, 2.05) is 0 Å². The number of amides is 1. The van der Waals surface area contributed by atoms with Gasteiger partial charge in [0, 0.05) is 19.3 Å². The van der Waals surface area contributed by atoms with Crippen molar-refractivity contribution < 1.29 is 9.18 Å². The Labute approximate surface area is 114 Å². The molecule has 20 heavy (non-hydrogen) atoms. The second-order valence-corrected chi connectivity index (χ2v) is 4.01. The maximum atomic E-state index is 13.4. The fourth-order valence-corrected chi connectivity index (χ4v) is 1.68. The highest BCUT2D eigenvalue weighted by molar-refractivity contribution is 6.03. The van der Waals surface area contributed by atoms with Crippen LogP contribution < -0.4 is 11.1 Å². The lowest BCUT2D eigenvalue weighted by molar-refractivity contribution is 0.102. The number of nitrogens with one attached hydrogen (secondary N) is 1. The lowest BCUT2D eigenvalue weighted by Crippen LogP contribution is -2.14. The number of rotatable bonds is 4. The first-order chi connectivity index (χ1) is 9.65. The van der Waals surface area contributed by atoms with E-state index in [0.29, 0.717) is 13.1 Å². The summed E-state index contributed by atoms with van der Waals surface area (Å²) in [5, 5.41) is 11.3. The number of nitrogens with zero attached hydrogens (tertiary/aromatic N) is 3. The normalized spacial score (nSPS) is 10.1. The standard InChI is InChI=1S/C13H12FN5O/c14-10-2-1-3-11(9(10)6-16)18-13(20)12-7-19(5-4-15)8-17-12/h1-3,7-8H,4-5,15H2,(H,18,20). The number of aromatic nitrogens is 2. The van der Waals surface area contributed by atoms with Crippen LogP contribution in [0.1, 0.15) is 16.1 Å². The molecule has 0 fully saturated rings. The highest BCUT2D eigenvalue weighted by Gasteiger charge is 2.14. The SMILES string of the molecule is N#Cc1c(F)cccc1NC(=O)c1cn(CCN)cn1. The summed E-state index contributed by atoms with van der Waals surface area (Å²) in [5.41, 5.74) is 5.48. The lowest BCUT2D eigenvalue weighted by atomic mass is 10.2. The highest BCUT2D eigenvalue weighted by atomic mass is 19.1. The van der Waals surface area contributed by atoms with E-state index in [9.17, 15) is 9.18 Å². The van der Waals surface area contributed by atoms with Crippen LogP contribution in [0.3, 0.4) is 0 Å². The molecule has 0 aliphatic heterocycles. The van der Waals surface area contributed by atoms with Crippen molar-refractivity contribution in [2.45, 2.75) is 6.54 Å². The summed E-state index contributed by atoms with van der Waals surface area (Å²) in [5.74, 6) is -1.19. The van der Waals surface area contributed by atoms with Gasteiger partial charge >= 0.3 is 0 Å². The Hall–Kier alpha value is -2.72. The molecule has 0 spiro atoms. The van der Waals surface area contributed by atoms with E-state index in [-0.39, 0.29) is 16.9 Å². The molecule has 2 aromatic rings. The van der Waals surface area contributed by atoms with Gasteiger partial charge in [-0.3, -0.25) is 4.79 Å². The number of halogens is 1. The molecule has 0 aliphatic rings. The van der Waals surface area contributed by atoms with Gasteiger partial charge in [0.05, 0.1) is 12.0 Å². The zero-order valence-electron chi connectivity index (χ0n) is 10.5. The van der Waals surface area contributed by atoms with Gasteiger partial charge in [0.25, 0.3) is 5.91 Å². The Morgan fingerprint density at radius 3 is 3.05 bits per heavy atom. The van der Waals surface area contributed by atoms with Gasteiger partial charge in [-0.15, -0.1) is 0 Å². The van der Waals surface area contributed by atoms with Crippen LogP contribution in [0.5, 0.6) is 0 Å². The third-order valence-corrected chi connectivity index (χ3v) is 2.63. The van der Waals surface area contributed by atoms with E-state index >= 15 is 0 Å². The van der Waals surface area contributed by atoms with Crippen molar-refractivity contribution >= 4 is 11.6 Å². The molecule has 0 atom stereocenters. The number of hydrogen-bond acceptors (Lipinski definition) is 4. The first kappa shape index (κ1) is 13.7. The van der Waals surface area contributed by atoms with Crippen molar-refractivity contribution in [3.8, 4) is 6.07 Å². The van der Waals surface area contributed by atoms with Gasteiger partial charge in [0.2, 0.25) is 0 Å². The maximum Gasteiger partial charge on any atom is 0.275 e. The minimum atomic E-state index is -0.682. The zero-order valence-corrected chi connectivity index (χ0v) is 10.5. The van der Waals surface area contributed by atoms with E-state index in [1.165, 1.54) is 24.7 Å². The molecule has 0 bridgehead atoms. The summed E-state index contributed by atoms with van der Waals surface area (Å²) in [6.07, 6.45) is 3.02. The van der Waals surface area contributed by atoms with Crippen molar-refractivity contribution in [3.63, 3.8) is 0 Å². The number of benzene rings is 1. The molecule has 0 saturated heterocycles. The molecular weight excluding hydrogens is 261 g/mol. The van der Waals surface area contributed by atoms with Crippen LogP contribution in [0, 0.1) is 17.1 Å². The van der Waals surface area contributed by atoms with E-state index < -0.39 is 11.7 Å². The number of carbonyl (C=O) groups is 1. The van der Waals surface area contributed by atoms with Crippen LogP contribution >= 0.6 is 0 Å². The fraction of sp³-hybridized carbons (Fsp3) is 0.154. The number of nitriles is 1. The number of imidazole rings is 1. The summed E-state index contributed by atoms with van der Waals surface area (Å²) in [6.45, 7) is 0.976. The van der Waals surface area contributed by atoms with Gasteiger partial charge in [-0.2, -0.15) is 5.26 Å². The van der Waals surface area contributed by atoms with Crippen molar-refractivity contribution in [2.75, 3.05) is 11.9 Å². The first-order valence-electron chi connectivity index (χ1n) is 5.87. The maximum absolute atomic E-state index is 13.4. The molecule has 7 heteroatoms. The molecule has 1 aromatic heterocycles. The Morgan fingerprint density at radius 2 is 2.35 bits per heavy atom. The molecule has 1 heterocycles. The average Bonchev–Trinajstić information content (AvgIpc) is 2.88. The van der Waals surface area contributed by atoms with Crippen LogP contribution in [-0.4, -0.2) is 22.0 Å². The van der Waals surface area contributed by atoms with Gasteiger partial charge in [-0.25, -0.2) is 9.37 Å². The van der Waals surface area contributed by atoms with Crippen molar-refractivity contribution in [2.24, 2.45) is 5.73 Å². The Kier molecular flexibility index (Phi) is 4.08. The quantitative estimate of drug-likeness (QED) is 0.871. The van der Waals surface area contributed by atoms with Crippen molar-refractivity contribution in [1.29, 1.82) is 5.26 Å². The van der Waals surface area contributed by atoms with Crippen LogP contribution in [0.2, 0.25) is 0 Å². The largest absolute Gasteiger partial charge is 0.335 e. The van der Waals surface area contributed by atoms with Crippen LogP contribution in [0.15, 0.2) is 30.7 Å². The first-order valence-corrected chi connectivity index (χ1v) is 5.87. The molecule has 1 amide bonds. The molecule has 102 valence electrons. The molecule has 1 aromatic carbocycles. The van der Waals surface area contributed by atoms with E-state index in [0.717, 1.165) is 6.07 Å². The predicted octanol–water partition coefficient (Wildman–Crippen LogP) is 1.10. The van der Waals surface area contributed by atoms with E-state index in [2.05, 4.69) is 10.3 Å². The van der Waals surface area contributed by atoms with Gasteiger partial charge in [-0.1, -0.05) is 6.07 Å². The number of hydrogen-bond donors (Lipinski definition) is 2. The Balaban J connectivity index is 2.19. The third-order valence-electron chi connectivity index (χ3n) is 2.63. The average molecular weight is 273 g/mol. The minimum Gasteiger partial charge on any atom is -0.335 e. The smallest absolute Gasteiger partial charge is 0.275 e. The molecule has 0 saturated carbocycles. The number of anilines is 1. The van der Waals surface area contributed by atoms with Crippen molar-refractivity contribution in [3.05, 3.63) is 47.8 Å². The molecule has 0 unspecified atom stereocenters. The molecular formula is C13H12FN5O. The third kappa shape index (κ3) is 2.81. The molecule has 6 nitrogen and oxygen atoms in total. The summed E-state index contributed by atoms with van der Waals surface area (Å²) in [7, 11) is 0. The van der Waals surface area contributed by atoms with Gasteiger partial charge in [-0.05, 0) is 12.1 Å². The van der Waals surface area contributed by atoms with Crippen molar-refractivity contribution in [1.82, 2.24) is 9.55 Å². The lowest BCUT2D eigenvalue weighted by Gasteiger charge is -2.05. The zero-order chi connectivity index (χ0) is 14.5. The van der Waals surface area contributed by atoms with Gasteiger partial charge < -0.3 is 15.6 Å². The molecule has 3 N–H and O–H groups in total.